The van der Waals surface area contributed by atoms with Crippen molar-refractivity contribution in [2.75, 3.05) is 0 Å². The topological polar surface area (TPSA) is 79.2 Å². The van der Waals surface area contributed by atoms with E-state index >= 15 is 0 Å². The molecule has 1 aromatic rings. The Kier molecular flexibility index (Phi) is 5.96. The lowest BCUT2D eigenvalue weighted by molar-refractivity contribution is -0.130. The van der Waals surface area contributed by atoms with Gasteiger partial charge in [-0.15, -0.1) is 0 Å². The first-order valence-electron chi connectivity index (χ1n) is 7.87. The summed E-state index contributed by atoms with van der Waals surface area (Å²) in [7, 11) is 0. The van der Waals surface area contributed by atoms with Crippen molar-refractivity contribution >= 4 is 23.5 Å². The molecule has 0 spiro atoms. The zero-order valence-electron chi connectivity index (χ0n) is 13.6. The molecule has 1 N–H and O–H groups in total. The quantitative estimate of drug-likeness (QED) is 0.649. The second kappa shape index (κ2) is 7.79. The maximum Gasteiger partial charge on any atom is 0.340 e. The predicted molar refractivity (Wildman–Crippen MR) is 85.8 cm³/mol. The second-order valence-corrected chi connectivity index (χ2v) is 6.44. The lowest BCUT2D eigenvalue weighted by Gasteiger charge is -2.32. The molecular weight excluding hydrogens is 354 g/mol. The molecule has 0 bridgehead atoms. The highest BCUT2D eigenvalue weighted by molar-refractivity contribution is 6.33. The molecule has 1 atom stereocenters. The number of hydrogen-bond donors (Lipinski definition) is 1. The molecule has 2 rings (SSSR count). The third-order valence-electron chi connectivity index (χ3n) is 4.17. The van der Waals surface area contributed by atoms with Crippen LogP contribution in [0.1, 0.15) is 49.4 Å². The van der Waals surface area contributed by atoms with Gasteiger partial charge in [0.25, 0.3) is 5.91 Å². The predicted octanol–water partition coefficient (Wildman–Crippen LogP) is 3.51. The van der Waals surface area contributed by atoms with Gasteiger partial charge in [-0.05, 0) is 31.9 Å². The number of ether oxygens (including phenoxy) is 1. The summed E-state index contributed by atoms with van der Waals surface area (Å²) in [6, 6.07) is 3.40. The lowest BCUT2D eigenvalue weighted by Crippen LogP contribution is -2.52. The molecule has 0 radical (unpaired) electrons. The molecule has 8 heteroatoms. The Balaban J connectivity index is 2.04. The van der Waals surface area contributed by atoms with E-state index in [0.29, 0.717) is 25.0 Å². The van der Waals surface area contributed by atoms with Crippen LogP contribution in [0.25, 0.3) is 0 Å². The van der Waals surface area contributed by atoms with Gasteiger partial charge in [-0.1, -0.05) is 30.9 Å². The van der Waals surface area contributed by atoms with E-state index in [9.17, 15) is 23.6 Å². The number of carbonyl (C=O) groups is 2. The summed E-state index contributed by atoms with van der Waals surface area (Å²) in [5.74, 6) is -4.13. The molecule has 25 heavy (non-hydrogen) atoms. The zero-order chi connectivity index (χ0) is 18.6. The van der Waals surface area contributed by atoms with E-state index in [0.717, 1.165) is 19.3 Å². The van der Waals surface area contributed by atoms with Gasteiger partial charge in [0.05, 0.1) is 16.7 Å². The van der Waals surface area contributed by atoms with Gasteiger partial charge < -0.3 is 10.1 Å². The minimum atomic E-state index is -1.25. The van der Waals surface area contributed by atoms with Crippen LogP contribution in [0.5, 0.6) is 0 Å². The molecular formula is C17H17ClF2N2O3. The summed E-state index contributed by atoms with van der Waals surface area (Å²) in [6.45, 7) is 1.33. The first kappa shape index (κ1) is 19.1. The normalized spacial score (nSPS) is 17.2. The molecule has 1 aromatic carbocycles. The van der Waals surface area contributed by atoms with Crippen LogP contribution in [0.3, 0.4) is 0 Å². The number of amides is 1. The summed E-state index contributed by atoms with van der Waals surface area (Å²) >= 11 is 5.71. The third kappa shape index (κ3) is 4.45. The smallest absolute Gasteiger partial charge is 0.340 e. The monoisotopic (exact) mass is 370 g/mol. The number of esters is 1. The molecule has 0 heterocycles. The zero-order valence-corrected chi connectivity index (χ0v) is 14.3. The highest BCUT2D eigenvalue weighted by Gasteiger charge is 2.35. The van der Waals surface area contributed by atoms with Crippen molar-refractivity contribution in [2.24, 2.45) is 0 Å². The Bertz CT molecular complexity index is 727. The molecule has 5 nitrogen and oxygen atoms in total. The van der Waals surface area contributed by atoms with E-state index in [1.807, 2.05) is 0 Å². The van der Waals surface area contributed by atoms with Crippen LogP contribution in [0.4, 0.5) is 8.78 Å². The van der Waals surface area contributed by atoms with E-state index in [-0.39, 0.29) is 10.6 Å². The van der Waals surface area contributed by atoms with E-state index in [4.69, 9.17) is 16.3 Å². The van der Waals surface area contributed by atoms with Gasteiger partial charge in [-0.3, -0.25) is 4.79 Å². The number of nitrogens with one attached hydrogen (secondary N) is 1. The number of rotatable bonds is 4. The van der Waals surface area contributed by atoms with Gasteiger partial charge in [0.2, 0.25) is 0 Å². The molecule has 1 aliphatic carbocycles. The largest absolute Gasteiger partial charge is 0.449 e. The van der Waals surface area contributed by atoms with Gasteiger partial charge in [-0.25, -0.2) is 13.6 Å². The van der Waals surface area contributed by atoms with Crippen LogP contribution in [-0.2, 0) is 9.53 Å². The fraction of sp³-hybridized carbons (Fsp3) is 0.471. The number of carbonyl (C=O) groups excluding carboxylic acids is 2. The highest BCUT2D eigenvalue weighted by atomic mass is 35.5. The van der Waals surface area contributed by atoms with Crippen LogP contribution in [0.15, 0.2) is 12.1 Å². The van der Waals surface area contributed by atoms with Crippen molar-refractivity contribution < 1.29 is 23.1 Å². The van der Waals surface area contributed by atoms with Gasteiger partial charge in [-0.2, -0.15) is 5.26 Å². The summed E-state index contributed by atoms with van der Waals surface area (Å²) in [6.07, 6.45) is 2.50. The summed E-state index contributed by atoms with van der Waals surface area (Å²) in [5.41, 5.74) is -1.34. The summed E-state index contributed by atoms with van der Waals surface area (Å²) < 4.78 is 31.3. The molecule has 0 unspecified atom stereocenters. The first-order chi connectivity index (χ1) is 11.8. The molecule has 1 amide bonds. The van der Waals surface area contributed by atoms with Crippen LogP contribution >= 0.6 is 11.6 Å². The Morgan fingerprint density at radius 1 is 1.28 bits per heavy atom. The van der Waals surface area contributed by atoms with Gasteiger partial charge >= 0.3 is 5.97 Å². The Morgan fingerprint density at radius 3 is 2.48 bits per heavy atom. The number of halogens is 3. The number of nitrogens with zero attached hydrogens (tertiary/aromatic N) is 1. The second-order valence-electron chi connectivity index (χ2n) is 6.04. The van der Waals surface area contributed by atoms with E-state index < -0.39 is 35.2 Å². The molecule has 1 fully saturated rings. The van der Waals surface area contributed by atoms with Crippen molar-refractivity contribution in [3.8, 4) is 6.07 Å². The van der Waals surface area contributed by atoms with Gasteiger partial charge in [0, 0.05) is 0 Å². The van der Waals surface area contributed by atoms with Crippen molar-refractivity contribution in [3.63, 3.8) is 0 Å². The SMILES string of the molecule is C[C@H](OC(=O)c1cc(F)c(F)cc1Cl)C(=O)NC1(C#N)CCCCC1. The number of benzene rings is 1. The molecule has 1 aliphatic rings. The average molecular weight is 371 g/mol. The number of nitriles is 1. The Hall–Kier alpha value is -2.20. The van der Waals surface area contributed by atoms with Crippen LogP contribution in [0.2, 0.25) is 5.02 Å². The minimum Gasteiger partial charge on any atom is -0.449 e. The van der Waals surface area contributed by atoms with Gasteiger partial charge in [0.1, 0.15) is 5.54 Å². The molecule has 0 saturated heterocycles. The van der Waals surface area contributed by atoms with E-state index in [1.165, 1.54) is 6.92 Å². The fourth-order valence-electron chi connectivity index (χ4n) is 2.71. The van der Waals surface area contributed by atoms with Crippen LogP contribution < -0.4 is 5.32 Å². The molecule has 0 aliphatic heterocycles. The summed E-state index contributed by atoms with van der Waals surface area (Å²) in [4.78, 5) is 24.3. The van der Waals surface area contributed by atoms with Crippen LogP contribution in [0, 0.1) is 23.0 Å². The first-order valence-corrected chi connectivity index (χ1v) is 8.24. The van der Waals surface area contributed by atoms with Crippen molar-refractivity contribution in [3.05, 3.63) is 34.4 Å². The molecule has 0 aromatic heterocycles. The Morgan fingerprint density at radius 2 is 1.88 bits per heavy atom. The van der Waals surface area contributed by atoms with E-state index in [2.05, 4.69) is 11.4 Å². The maximum atomic E-state index is 13.3. The Labute approximate surface area is 148 Å². The fourth-order valence-corrected chi connectivity index (χ4v) is 2.94. The lowest BCUT2D eigenvalue weighted by atomic mass is 9.83. The van der Waals surface area contributed by atoms with E-state index in [1.54, 1.807) is 0 Å². The highest BCUT2D eigenvalue weighted by Crippen LogP contribution is 2.28. The molecule has 134 valence electrons. The molecule has 1 saturated carbocycles. The minimum absolute atomic E-state index is 0.322. The summed E-state index contributed by atoms with van der Waals surface area (Å²) in [5, 5.41) is 11.7. The van der Waals surface area contributed by atoms with Crippen LogP contribution in [-0.4, -0.2) is 23.5 Å². The average Bonchev–Trinajstić information content (AvgIpc) is 2.58. The number of hydrogen-bond acceptors (Lipinski definition) is 4. The standard InChI is InChI=1S/C17H17ClF2N2O3/c1-10(15(23)22-17(9-21)5-3-2-4-6-17)25-16(24)11-7-13(19)14(20)8-12(11)18/h7-8,10H,2-6H2,1H3,(H,22,23)/t10-/m0/s1. The van der Waals surface area contributed by atoms with Gasteiger partial charge in [0.15, 0.2) is 17.7 Å². The van der Waals surface area contributed by atoms with Crippen molar-refractivity contribution in [2.45, 2.75) is 50.7 Å². The van der Waals surface area contributed by atoms with Crippen molar-refractivity contribution in [1.29, 1.82) is 5.26 Å². The maximum absolute atomic E-state index is 13.3. The van der Waals surface area contributed by atoms with Crippen molar-refractivity contribution in [1.82, 2.24) is 5.32 Å². The third-order valence-corrected chi connectivity index (χ3v) is 4.48.